The first-order chi connectivity index (χ1) is 26.9. The van der Waals surface area contributed by atoms with Gasteiger partial charge in [0.25, 0.3) is 5.91 Å². The lowest BCUT2D eigenvalue weighted by Crippen LogP contribution is -2.65. The molecule has 11 heteroatoms. The number of benzene rings is 3. The highest BCUT2D eigenvalue weighted by Crippen LogP contribution is 2.65. The number of hydrogen-bond acceptors (Lipinski definition) is 7. The van der Waals surface area contributed by atoms with Crippen molar-refractivity contribution >= 4 is 24.8 Å². The van der Waals surface area contributed by atoms with Crippen LogP contribution in [-0.4, -0.2) is 68.3 Å². The Morgan fingerprint density at radius 1 is 0.821 bits per heavy atom. The zero-order valence-corrected chi connectivity index (χ0v) is 33.7. The summed E-state index contributed by atoms with van der Waals surface area (Å²) in [5.74, 6) is -0.460. The molecule has 3 saturated carbocycles. The molecule has 10 nitrogen and oxygen atoms in total. The summed E-state index contributed by atoms with van der Waals surface area (Å²) in [4.78, 5) is 41.1. The normalized spacial score (nSPS) is 23.2. The maximum atomic E-state index is 14.2. The third-order valence-corrected chi connectivity index (χ3v) is 12.2. The Morgan fingerprint density at radius 2 is 1.41 bits per heavy atom. The van der Waals surface area contributed by atoms with Crippen molar-refractivity contribution in [2.75, 3.05) is 19.8 Å². The fourth-order valence-corrected chi connectivity index (χ4v) is 8.86. The van der Waals surface area contributed by atoms with Gasteiger partial charge in [-0.3, -0.25) is 14.4 Å². The van der Waals surface area contributed by atoms with E-state index in [1.807, 2.05) is 66.7 Å². The van der Waals surface area contributed by atoms with Crippen molar-refractivity contribution < 1.29 is 33.2 Å². The number of hydrogen-bond donors (Lipinski definition) is 3. The predicted molar refractivity (Wildman–Crippen MR) is 217 cm³/mol. The molecule has 0 radical (unpaired) electrons. The van der Waals surface area contributed by atoms with Crippen molar-refractivity contribution in [2.24, 2.45) is 29.1 Å². The second-order valence-corrected chi connectivity index (χ2v) is 17.2. The average Bonchev–Trinajstić information content (AvgIpc) is 3.55. The maximum Gasteiger partial charge on any atom is 0.481 e. The first-order valence-corrected chi connectivity index (χ1v) is 20.4. The molecule has 3 amide bonds. The van der Waals surface area contributed by atoms with Crippen LogP contribution in [0.25, 0.3) is 0 Å². The Hall–Kier alpha value is -4.03. The zero-order chi connectivity index (χ0) is 39.7. The molecule has 3 N–H and O–H groups in total. The van der Waals surface area contributed by atoms with Crippen LogP contribution in [-0.2, 0) is 41.6 Å². The minimum Gasteiger partial charge on any atom is -0.404 e. The highest BCUT2D eigenvalue weighted by atomic mass is 16.7. The van der Waals surface area contributed by atoms with E-state index < -0.39 is 36.5 Å². The SMILES string of the molecule is CC(C)C[C@H](NC(=O)[C@H](CC(=O)NCCC(COCc1ccccc1)COCc1ccccc1)NC(=O)c1ccccc1)B1O[C@@H]2C[C@@H]3C[C@@H](C3(C)C)[C@]2(C)O1. The summed E-state index contributed by atoms with van der Waals surface area (Å²) in [7, 11) is -0.629. The van der Waals surface area contributed by atoms with Crippen molar-refractivity contribution in [3.05, 3.63) is 108 Å². The molecule has 2 bridgehead atoms. The maximum absolute atomic E-state index is 14.2. The molecule has 0 aromatic heterocycles. The predicted octanol–water partition coefficient (Wildman–Crippen LogP) is 6.53. The Morgan fingerprint density at radius 3 is 1.98 bits per heavy atom. The monoisotopic (exact) mass is 765 g/mol. The van der Waals surface area contributed by atoms with Gasteiger partial charge >= 0.3 is 7.12 Å². The number of carbonyl (C=O) groups is 3. The number of ether oxygens (including phenoxy) is 2. The second kappa shape index (κ2) is 18.9. The molecular weight excluding hydrogens is 705 g/mol. The molecule has 56 heavy (non-hydrogen) atoms. The van der Waals surface area contributed by atoms with Crippen molar-refractivity contribution in [1.82, 2.24) is 16.0 Å². The Kier molecular flexibility index (Phi) is 14.1. The van der Waals surface area contributed by atoms with E-state index in [9.17, 15) is 14.4 Å². The minimum atomic E-state index is -1.12. The summed E-state index contributed by atoms with van der Waals surface area (Å²) in [6.07, 6.45) is 3.02. The lowest BCUT2D eigenvalue weighted by Gasteiger charge is -2.64. The van der Waals surface area contributed by atoms with E-state index in [4.69, 9.17) is 18.8 Å². The van der Waals surface area contributed by atoms with E-state index in [2.05, 4.69) is 50.6 Å². The molecule has 1 aliphatic heterocycles. The standard InChI is InChI=1S/C45H60BN3O7/c1-31(2)23-40(46-55-39-25-36-24-38(44(36,3)4)45(39,5)56-46)49-43(52)37(48-42(51)35-19-13-8-14-20-35)26-41(50)47-22-21-34(29-53-27-32-15-9-6-10-16-32)30-54-28-33-17-11-7-12-18-33/h6-20,31,34,36-40H,21-30H2,1-5H3,(H,47,50)(H,48,51)(H,49,52)/t36-,37-,38-,39+,40-,45-/m0/s1. The van der Waals surface area contributed by atoms with Crippen LogP contribution in [0.3, 0.4) is 0 Å². The molecule has 3 aliphatic carbocycles. The molecule has 1 heterocycles. The molecule has 4 aliphatic rings. The Labute approximate surface area is 333 Å². The lowest BCUT2D eigenvalue weighted by molar-refractivity contribution is -0.199. The number of rotatable bonds is 20. The number of carbonyl (C=O) groups excluding carboxylic acids is 3. The summed E-state index contributed by atoms with van der Waals surface area (Å²) in [6.45, 7) is 13.2. The van der Waals surface area contributed by atoms with Crippen LogP contribution in [0.1, 0.15) is 88.2 Å². The summed E-state index contributed by atoms with van der Waals surface area (Å²) >= 11 is 0. The Balaban J connectivity index is 1.08. The first kappa shape index (κ1) is 41.6. The lowest BCUT2D eigenvalue weighted by atomic mass is 9.43. The molecule has 4 fully saturated rings. The van der Waals surface area contributed by atoms with Gasteiger partial charge in [0, 0.05) is 18.0 Å². The van der Waals surface area contributed by atoms with Crippen LogP contribution in [0.15, 0.2) is 91.0 Å². The van der Waals surface area contributed by atoms with Gasteiger partial charge < -0.3 is 34.7 Å². The fourth-order valence-electron chi connectivity index (χ4n) is 8.86. The smallest absolute Gasteiger partial charge is 0.404 e. The molecule has 1 saturated heterocycles. The largest absolute Gasteiger partial charge is 0.481 e. The third kappa shape index (κ3) is 10.5. The van der Waals surface area contributed by atoms with E-state index in [0.717, 1.165) is 24.0 Å². The topological polar surface area (TPSA) is 124 Å². The molecule has 6 atom stereocenters. The van der Waals surface area contributed by atoms with Crippen LogP contribution in [0.5, 0.6) is 0 Å². The minimum absolute atomic E-state index is 0.0184. The Bertz CT molecular complexity index is 1680. The van der Waals surface area contributed by atoms with Crippen LogP contribution in [0.2, 0.25) is 0 Å². The molecule has 0 unspecified atom stereocenters. The van der Waals surface area contributed by atoms with E-state index >= 15 is 0 Å². The highest BCUT2D eigenvalue weighted by Gasteiger charge is 2.68. The fraction of sp³-hybridized carbons (Fsp3) is 0.533. The van der Waals surface area contributed by atoms with Gasteiger partial charge in [-0.2, -0.15) is 0 Å². The van der Waals surface area contributed by atoms with E-state index in [1.54, 1.807) is 24.3 Å². The molecule has 3 aromatic rings. The second-order valence-electron chi connectivity index (χ2n) is 17.2. The quantitative estimate of drug-likeness (QED) is 0.112. The molecular formula is C45H60BN3O7. The molecule has 300 valence electrons. The molecule has 7 rings (SSSR count). The van der Waals surface area contributed by atoms with E-state index in [-0.39, 0.29) is 35.7 Å². The first-order valence-electron chi connectivity index (χ1n) is 20.4. The number of nitrogens with one attached hydrogen (secondary N) is 3. The van der Waals surface area contributed by atoms with Gasteiger partial charge in [0.15, 0.2) is 0 Å². The van der Waals surface area contributed by atoms with Crippen LogP contribution >= 0.6 is 0 Å². The van der Waals surface area contributed by atoms with Crippen molar-refractivity contribution in [1.29, 1.82) is 0 Å². The summed E-state index contributed by atoms with van der Waals surface area (Å²) in [6, 6.07) is 27.6. The summed E-state index contributed by atoms with van der Waals surface area (Å²) in [5, 5.41) is 9.00. The van der Waals surface area contributed by atoms with Crippen LogP contribution in [0, 0.1) is 29.1 Å². The number of amides is 3. The average molecular weight is 766 g/mol. The zero-order valence-electron chi connectivity index (χ0n) is 33.7. The van der Waals surface area contributed by atoms with Gasteiger partial charge in [0.05, 0.1) is 50.5 Å². The van der Waals surface area contributed by atoms with Gasteiger partial charge in [-0.15, -0.1) is 0 Å². The third-order valence-electron chi connectivity index (χ3n) is 12.2. The van der Waals surface area contributed by atoms with Crippen molar-refractivity contribution in [2.45, 2.75) is 104 Å². The van der Waals surface area contributed by atoms with E-state index in [0.29, 0.717) is 63.2 Å². The van der Waals surface area contributed by atoms with Gasteiger partial charge in [-0.1, -0.05) is 107 Å². The van der Waals surface area contributed by atoms with Crippen molar-refractivity contribution in [3.8, 4) is 0 Å². The van der Waals surface area contributed by atoms with Gasteiger partial charge in [-0.05, 0) is 79.0 Å². The molecule has 3 aromatic carbocycles. The van der Waals surface area contributed by atoms with Crippen LogP contribution in [0.4, 0.5) is 0 Å². The van der Waals surface area contributed by atoms with Gasteiger partial charge in [-0.25, -0.2) is 0 Å². The van der Waals surface area contributed by atoms with Gasteiger partial charge in [0.1, 0.15) is 6.04 Å². The van der Waals surface area contributed by atoms with Gasteiger partial charge in [0.2, 0.25) is 11.8 Å². The van der Waals surface area contributed by atoms with Crippen LogP contribution < -0.4 is 16.0 Å². The highest BCUT2D eigenvalue weighted by molar-refractivity contribution is 6.48. The van der Waals surface area contributed by atoms with E-state index in [1.165, 1.54) is 0 Å². The summed E-state index contributed by atoms with van der Waals surface area (Å²) in [5.41, 5.74) is 2.33. The molecule has 0 spiro atoms. The summed E-state index contributed by atoms with van der Waals surface area (Å²) < 4.78 is 25.5. The van der Waals surface area contributed by atoms with Crippen molar-refractivity contribution in [3.63, 3.8) is 0 Å².